The van der Waals surface area contributed by atoms with Crippen LogP contribution in [-0.4, -0.2) is 33.9 Å². The lowest BCUT2D eigenvalue weighted by molar-refractivity contribution is 0.0683. The van der Waals surface area contributed by atoms with Crippen LogP contribution in [0, 0.1) is 0 Å². The SMILES string of the molecule is Cn1nc(C(=O)O)nc1[Si](C)(C)C. The molecule has 13 heavy (non-hydrogen) atoms. The minimum absolute atomic E-state index is 0.111. The molecule has 72 valence electrons. The van der Waals surface area contributed by atoms with Crippen LogP contribution in [0.4, 0.5) is 0 Å². The van der Waals surface area contributed by atoms with Crippen molar-refractivity contribution in [2.45, 2.75) is 19.6 Å². The maximum absolute atomic E-state index is 10.6. The molecule has 1 N–H and O–H groups in total. The van der Waals surface area contributed by atoms with Gasteiger partial charge in [-0.3, -0.25) is 4.68 Å². The van der Waals surface area contributed by atoms with E-state index in [0.29, 0.717) is 0 Å². The summed E-state index contributed by atoms with van der Waals surface area (Å²) in [6.45, 7) is 6.30. The molecule has 0 aromatic carbocycles. The summed E-state index contributed by atoms with van der Waals surface area (Å²) in [5.41, 5.74) is 0.810. The second-order valence-electron chi connectivity index (χ2n) is 3.94. The molecule has 0 saturated carbocycles. The minimum Gasteiger partial charge on any atom is -0.475 e. The fourth-order valence-corrected chi connectivity index (χ4v) is 2.59. The number of carboxylic acids is 1. The summed E-state index contributed by atoms with van der Waals surface area (Å²) in [7, 11) is 0.152. The van der Waals surface area contributed by atoms with Gasteiger partial charge in [-0.2, -0.15) is 0 Å². The molecule has 0 unspecified atom stereocenters. The second kappa shape index (κ2) is 2.95. The van der Waals surface area contributed by atoms with E-state index in [1.807, 2.05) is 0 Å². The number of aryl methyl sites for hydroxylation is 1. The minimum atomic E-state index is -1.58. The summed E-state index contributed by atoms with van der Waals surface area (Å²) in [5, 5.41) is 12.5. The van der Waals surface area contributed by atoms with E-state index in [1.54, 1.807) is 11.7 Å². The summed E-state index contributed by atoms with van der Waals surface area (Å²) < 4.78 is 1.57. The molecule has 1 rings (SSSR count). The lowest BCUT2D eigenvalue weighted by atomic mass is 10.7. The first-order valence-electron chi connectivity index (χ1n) is 3.97. The van der Waals surface area contributed by atoms with E-state index >= 15 is 0 Å². The number of hydrogen-bond donors (Lipinski definition) is 1. The van der Waals surface area contributed by atoms with Gasteiger partial charge in [0.2, 0.25) is 0 Å². The van der Waals surface area contributed by atoms with Crippen molar-refractivity contribution in [2.75, 3.05) is 0 Å². The monoisotopic (exact) mass is 199 g/mol. The number of carbonyl (C=O) groups is 1. The van der Waals surface area contributed by atoms with Crippen molar-refractivity contribution in [3.8, 4) is 0 Å². The number of aromatic nitrogens is 3. The van der Waals surface area contributed by atoms with Gasteiger partial charge in [-0.1, -0.05) is 19.6 Å². The highest BCUT2D eigenvalue weighted by Gasteiger charge is 2.25. The highest BCUT2D eigenvalue weighted by molar-refractivity contribution is 6.87. The molecule has 0 aliphatic heterocycles. The Morgan fingerprint density at radius 3 is 2.23 bits per heavy atom. The van der Waals surface area contributed by atoms with E-state index in [1.165, 1.54) is 0 Å². The highest BCUT2D eigenvalue weighted by Crippen LogP contribution is 1.99. The molecular weight excluding hydrogens is 186 g/mol. The average Bonchev–Trinajstić information content (AvgIpc) is 2.29. The van der Waals surface area contributed by atoms with E-state index in [2.05, 4.69) is 29.7 Å². The predicted octanol–water partition coefficient (Wildman–Crippen LogP) is 0.0585. The summed E-state index contributed by atoms with van der Waals surface area (Å²) in [4.78, 5) is 14.6. The third kappa shape index (κ3) is 1.94. The van der Waals surface area contributed by atoms with Gasteiger partial charge in [-0.05, 0) is 0 Å². The van der Waals surface area contributed by atoms with Crippen LogP contribution in [0.25, 0.3) is 0 Å². The van der Waals surface area contributed by atoms with Crippen molar-refractivity contribution >= 4 is 19.5 Å². The molecule has 0 radical (unpaired) electrons. The number of hydrogen-bond acceptors (Lipinski definition) is 3. The number of nitrogens with zero attached hydrogens (tertiary/aromatic N) is 3. The van der Waals surface area contributed by atoms with Crippen LogP contribution in [-0.2, 0) is 7.05 Å². The maximum Gasteiger partial charge on any atom is 0.375 e. The maximum atomic E-state index is 10.6. The van der Waals surface area contributed by atoms with Gasteiger partial charge >= 0.3 is 5.97 Å². The van der Waals surface area contributed by atoms with Crippen LogP contribution in [0.5, 0.6) is 0 Å². The first-order valence-corrected chi connectivity index (χ1v) is 7.47. The van der Waals surface area contributed by atoms with E-state index < -0.39 is 14.0 Å². The van der Waals surface area contributed by atoms with Gasteiger partial charge in [-0.25, -0.2) is 9.78 Å². The van der Waals surface area contributed by atoms with Crippen molar-refractivity contribution in [3.05, 3.63) is 5.82 Å². The molecule has 0 amide bonds. The zero-order valence-corrected chi connectivity index (χ0v) is 9.20. The van der Waals surface area contributed by atoms with E-state index in [4.69, 9.17) is 5.11 Å². The van der Waals surface area contributed by atoms with Crippen molar-refractivity contribution in [2.24, 2.45) is 7.05 Å². The summed E-state index contributed by atoms with van der Waals surface area (Å²) in [5.74, 6) is -1.18. The Hall–Kier alpha value is -1.17. The zero-order chi connectivity index (χ0) is 10.2. The van der Waals surface area contributed by atoms with Gasteiger partial charge in [0.05, 0.1) is 0 Å². The molecular formula is C7H13N3O2Si. The molecule has 1 aromatic heterocycles. The first-order chi connectivity index (χ1) is 5.82. The second-order valence-corrected chi connectivity index (χ2v) is 8.88. The van der Waals surface area contributed by atoms with Crippen LogP contribution >= 0.6 is 0 Å². The van der Waals surface area contributed by atoms with E-state index in [-0.39, 0.29) is 5.82 Å². The molecule has 0 atom stereocenters. The normalized spacial score (nSPS) is 11.7. The topological polar surface area (TPSA) is 68.0 Å². The quantitative estimate of drug-likeness (QED) is 0.684. The van der Waals surface area contributed by atoms with Gasteiger partial charge < -0.3 is 5.11 Å². The van der Waals surface area contributed by atoms with Gasteiger partial charge in [0.1, 0.15) is 13.5 Å². The van der Waals surface area contributed by atoms with Gasteiger partial charge in [0.15, 0.2) is 0 Å². The Balaban J connectivity index is 3.18. The molecule has 1 heterocycles. The Kier molecular flexibility index (Phi) is 2.25. The Labute approximate surface area is 77.4 Å². The fraction of sp³-hybridized carbons (Fsp3) is 0.571. The Morgan fingerprint density at radius 1 is 1.46 bits per heavy atom. The van der Waals surface area contributed by atoms with Crippen molar-refractivity contribution in [1.82, 2.24) is 14.8 Å². The smallest absolute Gasteiger partial charge is 0.375 e. The van der Waals surface area contributed by atoms with Crippen LogP contribution in [0.2, 0.25) is 19.6 Å². The Bertz CT molecular complexity index is 340. The van der Waals surface area contributed by atoms with Crippen molar-refractivity contribution in [1.29, 1.82) is 0 Å². The van der Waals surface area contributed by atoms with Crippen LogP contribution in [0.1, 0.15) is 10.6 Å². The van der Waals surface area contributed by atoms with E-state index in [9.17, 15) is 4.79 Å². The van der Waals surface area contributed by atoms with Gasteiger partial charge in [0, 0.05) is 7.05 Å². The summed E-state index contributed by atoms with van der Waals surface area (Å²) in [6.07, 6.45) is 0. The predicted molar refractivity (Wildman–Crippen MR) is 50.9 cm³/mol. The zero-order valence-electron chi connectivity index (χ0n) is 8.20. The number of aromatic carboxylic acids is 1. The van der Waals surface area contributed by atoms with Gasteiger partial charge in [-0.15, -0.1) is 5.10 Å². The lowest BCUT2D eigenvalue weighted by Gasteiger charge is -2.13. The van der Waals surface area contributed by atoms with Crippen LogP contribution in [0.15, 0.2) is 0 Å². The first kappa shape index (κ1) is 9.91. The standard InChI is InChI=1S/C7H13N3O2Si/c1-10-7(13(2,3)4)8-5(9-10)6(11)12/h1-4H3,(H,11,12). The third-order valence-electron chi connectivity index (χ3n) is 1.63. The number of carboxylic acid groups (broad SMARTS) is 1. The van der Waals surface area contributed by atoms with E-state index in [0.717, 1.165) is 5.45 Å². The molecule has 6 heteroatoms. The molecule has 0 aliphatic carbocycles. The molecule has 0 spiro atoms. The molecule has 0 saturated heterocycles. The highest BCUT2D eigenvalue weighted by atomic mass is 28.3. The molecule has 0 bridgehead atoms. The van der Waals surface area contributed by atoms with Crippen LogP contribution in [0.3, 0.4) is 0 Å². The third-order valence-corrected chi connectivity index (χ3v) is 3.40. The molecule has 5 nitrogen and oxygen atoms in total. The molecule has 0 aliphatic rings. The molecule has 1 aromatic rings. The van der Waals surface area contributed by atoms with Gasteiger partial charge in [0.25, 0.3) is 5.82 Å². The summed E-state index contributed by atoms with van der Waals surface area (Å²) in [6, 6.07) is 0. The van der Waals surface area contributed by atoms with Crippen molar-refractivity contribution in [3.63, 3.8) is 0 Å². The average molecular weight is 199 g/mol. The largest absolute Gasteiger partial charge is 0.475 e. The Morgan fingerprint density at radius 2 is 2.00 bits per heavy atom. The number of rotatable bonds is 2. The van der Waals surface area contributed by atoms with Crippen molar-refractivity contribution < 1.29 is 9.90 Å². The van der Waals surface area contributed by atoms with Crippen LogP contribution < -0.4 is 5.45 Å². The lowest BCUT2D eigenvalue weighted by Crippen LogP contribution is -2.44. The molecule has 0 fully saturated rings. The fourth-order valence-electron chi connectivity index (χ4n) is 1.13. The summed E-state index contributed by atoms with van der Waals surface area (Å²) >= 11 is 0.